The van der Waals surface area contributed by atoms with Crippen molar-refractivity contribution < 1.29 is 4.79 Å². The molecule has 0 radical (unpaired) electrons. The summed E-state index contributed by atoms with van der Waals surface area (Å²) >= 11 is 3.41. The largest absolute Gasteiger partial charge is 0.322 e. The van der Waals surface area contributed by atoms with E-state index in [0.29, 0.717) is 5.56 Å². The highest BCUT2D eigenvalue weighted by Crippen LogP contribution is 2.19. The molecule has 0 aliphatic heterocycles. The molecule has 21 heavy (non-hydrogen) atoms. The zero-order chi connectivity index (χ0) is 14.8. The van der Waals surface area contributed by atoms with E-state index in [1.165, 1.54) is 0 Å². The number of aromatic nitrogens is 1. The molecular formula is C17H13BrN2O. The molecule has 3 rings (SSSR count). The predicted molar refractivity (Wildman–Crippen MR) is 88.6 cm³/mol. The van der Waals surface area contributed by atoms with Gasteiger partial charge in [0.25, 0.3) is 5.91 Å². The molecule has 3 nitrogen and oxygen atoms in total. The average molecular weight is 341 g/mol. The molecule has 1 aromatic heterocycles. The van der Waals surface area contributed by atoms with E-state index in [-0.39, 0.29) is 5.91 Å². The molecule has 1 amide bonds. The predicted octanol–water partition coefficient (Wildman–Crippen LogP) is 4.56. The maximum absolute atomic E-state index is 12.3. The number of nitrogens with zero attached hydrogens (tertiary/aromatic N) is 1. The number of aryl methyl sites for hydroxylation is 1. The number of amides is 1. The Balaban J connectivity index is 1.88. The second-order valence-corrected chi connectivity index (χ2v) is 5.80. The molecule has 1 heterocycles. The van der Waals surface area contributed by atoms with E-state index in [0.717, 1.165) is 26.6 Å². The Bertz CT molecular complexity index is 810. The van der Waals surface area contributed by atoms with Gasteiger partial charge in [-0.2, -0.15) is 0 Å². The number of rotatable bonds is 2. The quantitative estimate of drug-likeness (QED) is 0.743. The number of benzene rings is 2. The number of hydrogen-bond acceptors (Lipinski definition) is 2. The number of halogens is 1. The fourth-order valence-corrected chi connectivity index (χ4v) is 2.83. The smallest absolute Gasteiger partial charge is 0.255 e. The zero-order valence-corrected chi connectivity index (χ0v) is 13.0. The highest BCUT2D eigenvalue weighted by molar-refractivity contribution is 9.10. The van der Waals surface area contributed by atoms with Crippen LogP contribution in [-0.2, 0) is 0 Å². The Morgan fingerprint density at radius 3 is 2.81 bits per heavy atom. The van der Waals surface area contributed by atoms with Gasteiger partial charge < -0.3 is 5.32 Å². The topological polar surface area (TPSA) is 42.0 Å². The molecule has 0 unspecified atom stereocenters. The minimum atomic E-state index is -0.123. The number of hydrogen-bond donors (Lipinski definition) is 1. The lowest BCUT2D eigenvalue weighted by molar-refractivity contribution is 0.102. The van der Waals surface area contributed by atoms with Crippen molar-refractivity contribution >= 4 is 38.4 Å². The van der Waals surface area contributed by atoms with Crippen LogP contribution in [0, 0.1) is 6.92 Å². The lowest BCUT2D eigenvalue weighted by Crippen LogP contribution is -2.12. The Labute approximate surface area is 131 Å². The summed E-state index contributed by atoms with van der Waals surface area (Å²) in [5.74, 6) is -0.123. The fourth-order valence-electron chi connectivity index (χ4n) is 2.22. The minimum absolute atomic E-state index is 0.123. The molecule has 4 heteroatoms. The van der Waals surface area contributed by atoms with E-state index < -0.39 is 0 Å². The van der Waals surface area contributed by atoms with Gasteiger partial charge in [0.05, 0.1) is 5.52 Å². The molecule has 1 N–H and O–H groups in total. The van der Waals surface area contributed by atoms with Crippen molar-refractivity contribution in [3.05, 3.63) is 70.3 Å². The standard InChI is InChI=1S/C17H13BrN2O/c1-11-7-13(9-14(18)8-11)17(21)20-15-4-5-16-12(10-15)3-2-6-19-16/h2-10H,1H3,(H,20,21). The Hall–Kier alpha value is -2.20. The monoisotopic (exact) mass is 340 g/mol. The Kier molecular flexibility index (Phi) is 3.71. The third kappa shape index (κ3) is 3.11. The molecule has 0 fully saturated rings. The van der Waals surface area contributed by atoms with Gasteiger partial charge in [0.2, 0.25) is 0 Å². The van der Waals surface area contributed by atoms with Gasteiger partial charge in [-0.15, -0.1) is 0 Å². The number of pyridine rings is 1. The summed E-state index contributed by atoms with van der Waals surface area (Å²) in [7, 11) is 0. The van der Waals surface area contributed by atoms with Crippen LogP contribution in [0.5, 0.6) is 0 Å². The van der Waals surface area contributed by atoms with Gasteiger partial charge in [0, 0.05) is 27.3 Å². The molecule has 0 atom stereocenters. The molecule has 104 valence electrons. The maximum Gasteiger partial charge on any atom is 0.255 e. The van der Waals surface area contributed by atoms with E-state index in [1.54, 1.807) is 6.20 Å². The van der Waals surface area contributed by atoms with Gasteiger partial charge in [-0.3, -0.25) is 9.78 Å². The van der Waals surface area contributed by atoms with Crippen LogP contribution in [0.25, 0.3) is 10.9 Å². The van der Waals surface area contributed by atoms with Crippen molar-refractivity contribution in [1.29, 1.82) is 0 Å². The summed E-state index contributed by atoms with van der Waals surface area (Å²) in [4.78, 5) is 16.6. The van der Waals surface area contributed by atoms with Gasteiger partial charge in [-0.05, 0) is 55.0 Å². The van der Waals surface area contributed by atoms with Crippen molar-refractivity contribution in [1.82, 2.24) is 4.98 Å². The Morgan fingerprint density at radius 1 is 1.14 bits per heavy atom. The third-order valence-electron chi connectivity index (χ3n) is 3.17. The van der Waals surface area contributed by atoms with Crippen LogP contribution < -0.4 is 5.32 Å². The first-order valence-electron chi connectivity index (χ1n) is 6.55. The summed E-state index contributed by atoms with van der Waals surface area (Å²) in [5, 5.41) is 3.92. The second kappa shape index (κ2) is 5.66. The zero-order valence-electron chi connectivity index (χ0n) is 11.4. The lowest BCUT2D eigenvalue weighted by Gasteiger charge is -2.07. The maximum atomic E-state index is 12.3. The second-order valence-electron chi connectivity index (χ2n) is 4.88. The number of fused-ring (bicyclic) bond motifs is 1. The summed E-state index contributed by atoms with van der Waals surface area (Å²) in [6.45, 7) is 1.96. The number of nitrogens with one attached hydrogen (secondary N) is 1. The molecule has 3 aromatic rings. The van der Waals surface area contributed by atoms with Crippen molar-refractivity contribution in [2.24, 2.45) is 0 Å². The molecule has 0 aliphatic carbocycles. The molecule has 0 saturated carbocycles. The van der Waals surface area contributed by atoms with Gasteiger partial charge in [-0.25, -0.2) is 0 Å². The van der Waals surface area contributed by atoms with Gasteiger partial charge in [0.1, 0.15) is 0 Å². The number of carbonyl (C=O) groups excluding carboxylic acids is 1. The van der Waals surface area contributed by atoms with E-state index >= 15 is 0 Å². The molecular weight excluding hydrogens is 328 g/mol. The van der Waals surface area contributed by atoms with E-state index in [1.807, 2.05) is 55.5 Å². The summed E-state index contributed by atoms with van der Waals surface area (Å²) in [6, 6.07) is 15.2. The number of carbonyl (C=O) groups is 1. The molecule has 0 spiro atoms. The van der Waals surface area contributed by atoms with Crippen LogP contribution in [0.4, 0.5) is 5.69 Å². The average Bonchev–Trinajstić information content (AvgIpc) is 2.46. The van der Waals surface area contributed by atoms with Gasteiger partial charge >= 0.3 is 0 Å². The first-order valence-corrected chi connectivity index (χ1v) is 7.34. The first kappa shape index (κ1) is 13.8. The van der Waals surface area contributed by atoms with Crippen molar-refractivity contribution in [3.63, 3.8) is 0 Å². The van der Waals surface area contributed by atoms with Gasteiger partial charge in [0.15, 0.2) is 0 Å². The molecule has 0 aliphatic rings. The van der Waals surface area contributed by atoms with Crippen molar-refractivity contribution in [2.45, 2.75) is 6.92 Å². The summed E-state index contributed by atoms with van der Waals surface area (Å²) in [5.41, 5.74) is 3.34. The summed E-state index contributed by atoms with van der Waals surface area (Å²) < 4.78 is 0.898. The van der Waals surface area contributed by atoms with Crippen LogP contribution in [-0.4, -0.2) is 10.9 Å². The normalized spacial score (nSPS) is 10.6. The van der Waals surface area contributed by atoms with Crippen LogP contribution in [0.2, 0.25) is 0 Å². The van der Waals surface area contributed by atoms with Crippen LogP contribution >= 0.6 is 15.9 Å². The highest BCUT2D eigenvalue weighted by Gasteiger charge is 2.08. The van der Waals surface area contributed by atoms with E-state index in [4.69, 9.17) is 0 Å². The van der Waals surface area contributed by atoms with Crippen LogP contribution in [0.15, 0.2) is 59.2 Å². The SMILES string of the molecule is Cc1cc(Br)cc(C(=O)Nc2ccc3ncccc3c2)c1. The van der Waals surface area contributed by atoms with Crippen molar-refractivity contribution in [2.75, 3.05) is 5.32 Å². The van der Waals surface area contributed by atoms with Crippen molar-refractivity contribution in [3.8, 4) is 0 Å². The first-order chi connectivity index (χ1) is 10.1. The molecule has 2 aromatic carbocycles. The molecule has 0 saturated heterocycles. The third-order valence-corrected chi connectivity index (χ3v) is 3.62. The minimum Gasteiger partial charge on any atom is -0.322 e. The van der Waals surface area contributed by atoms with Crippen LogP contribution in [0.1, 0.15) is 15.9 Å². The summed E-state index contributed by atoms with van der Waals surface area (Å²) in [6.07, 6.45) is 1.75. The van der Waals surface area contributed by atoms with E-state index in [2.05, 4.69) is 26.2 Å². The Morgan fingerprint density at radius 2 is 2.00 bits per heavy atom. The number of anilines is 1. The lowest BCUT2D eigenvalue weighted by atomic mass is 10.1. The van der Waals surface area contributed by atoms with Crippen LogP contribution in [0.3, 0.4) is 0 Å². The molecule has 0 bridgehead atoms. The highest BCUT2D eigenvalue weighted by atomic mass is 79.9. The fraction of sp³-hybridized carbons (Fsp3) is 0.0588. The van der Waals surface area contributed by atoms with Gasteiger partial charge in [-0.1, -0.05) is 22.0 Å². The van der Waals surface area contributed by atoms with E-state index in [9.17, 15) is 4.79 Å².